The third-order valence-electron chi connectivity index (χ3n) is 4.77. The van der Waals surface area contributed by atoms with Crippen LogP contribution in [0.2, 0.25) is 0 Å². The number of hydrogen-bond acceptors (Lipinski definition) is 6. The van der Waals surface area contributed by atoms with Crippen molar-refractivity contribution in [3.05, 3.63) is 47.0 Å². The van der Waals surface area contributed by atoms with E-state index in [1.165, 1.54) is 39.4 Å². The summed E-state index contributed by atoms with van der Waals surface area (Å²) in [7, 11) is 3.55. The molecule has 8 nitrogen and oxygen atoms in total. The quantitative estimate of drug-likeness (QED) is 0.684. The lowest BCUT2D eigenvalue weighted by atomic mass is 10.0. The molecule has 2 aromatic carbocycles. The van der Waals surface area contributed by atoms with Crippen molar-refractivity contribution in [1.82, 2.24) is 9.62 Å². The zero-order valence-electron chi connectivity index (χ0n) is 18.3. The minimum Gasteiger partial charge on any atom is -0.495 e. The lowest BCUT2D eigenvalue weighted by Crippen LogP contribution is -2.28. The number of benzene rings is 2. The normalized spacial score (nSPS) is 12.4. The smallest absolute Gasteiger partial charge is 0.251 e. The zero-order valence-corrected chi connectivity index (χ0v) is 19.1. The van der Waals surface area contributed by atoms with Gasteiger partial charge in [-0.1, -0.05) is 0 Å². The Morgan fingerprint density at radius 3 is 2.07 bits per heavy atom. The summed E-state index contributed by atoms with van der Waals surface area (Å²) in [5, 5.41) is 2.90. The minimum atomic E-state index is -3.78. The van der Waals surface area contributed by atoms with Crippen molar-refractivity contribution in [1.29, 1.82) is 0 Å². The summed E-state index contributed by atoms with van der Waals surface area (Å²) < 4.78 is 42.1. The van der Waals surface area contributed by atoms with Crippen LogP contribution < -0.4 is 19.5 Å². The molecule has 0 saturated heterocycles. The Morgan fingerprint density at radius 1 is 0.967 bits per heavy atom. The molecule has 1 unspecified atom stereocenters. The number of methoxy groups -OCH3 is 3. The summed E-state index contributed by atoms with van der Waals surface area (Å²) in [5.41, 5.74) is 1.99. The summed E-state index contributed by atoms with van der Waals surface area (Å²) in [6, 6.07) is 7.61. The monoisotopic (exact) mass is 436 g/mol. The number of nitrogens with one attached hydrogen (secondary N) is 1. The molecule has 0 aliphatic carbocycles. The van der Waals surface area contributed by atoms with Gasteiger partial charge in [0.25, 0.3) is 5.91 Å². The number of amides is 1. The van der Waals surface area contributed by atoms with Gasteiger partial charge in [0.05, 0.1) is 27.4 Å². The van der Waals surface area contributed by atoms with Crippen molar-refractivity contribution in [2.45, 2.75) is 24.8 Å². The van der Waals surface area contributed by atoms with E-state index in [0.717, 1.165) is 15.4 Å². The van der Waals surface area contributed by atoms with Gasteiger partial charge in [-0.25, -0.2) is 12.7 Å². The number of sulfonamides is 1. The van der Waals surface area contributed by atoms with Gasteiger partial charge in [0, 0.05) is 19.7 Å². The minimum absolute atomic E-state index is 0.0717. The van der Waals surface area contributed by atoms with Crippen LogP contribution in [0.3, 0.4) is 0 Å². The Labute approximate surface area is 177 Å². The number of rotatable bonds is 8. The molecule has 0 aromatic heterocycles. The molecule has 0 spiro atoms. The van der Waals surface area contributed by atoms with E-state index in [2.05, 4.69) is 5.32 Å². The summed E-state index contributed by atoms with van der Waals surface area (Å²) in [6.45, 7) is 3.75. The van der Waals surface area contributed by atoms with Crippen molar-refractivity contribution in [2.75, 3.05) is 35.4 Å². The Balaban J connectivity index is 2.37. The molecule has 1 amide bonds. The standard InChI is InChI=1S/C21H28N2O6S/c1-13-10-18(28-6)19(29-7)12-16(13)14(2)22-21(24)15-8-9-17(27-5)20(11-15)30(25,26)23(3)4/h8-12,14H,1-7H3,(H,22,24). The maximum atomic E-state index is 12.8. The van der Waals surface area contributed by atoms with Crippen LogP contribution in [0.15, 0.2) is 35.2 Å². The molecule has 2 rings (SSSR count). The van der Waals surface area contributed by atoms with Crippen molar-refractivity contribution in [3.8, 4) is 17.2 Å². The van der Waals surface area contributed by atoms with E-state index in [-0.39, 0.29) is 22.3 Å². The van der Waals surface area contributed by atoms with E-state index in [1.54, 1.807) is 14.2 Å². The lowest BCUT2D eigenvalue weighted by molar-refractivity contribution is 0.0939. The highest BCUT2D eigenvalue weighted by atomic mass is 32.2. The summed E-state index contributed by atoms with van der Waals surface area (Å²) >= 11 is 0. The van der Waals surface area contributed by atoms with E-state index < -0.39 is 15.9 Å². The summed E-state index contributed by atoms with van der Waals surface area (Å²) in [6.07, 6.45) is 0. The predicted octanol–water partition coefficient (Wildman–Crippen LogP) is 2.76. The number of hydrogen-bond donors (Lipinski definition) is 1. The highest BCUT2D eigenvalue weighted by Crippen LogP contribution is 2.33. The largest absolute Gasteiger partial charge is 0.495 e. The van der Waals surface area contributed by atoms with Gasteiger partial charge in [0.2, 0.25) is 10.0 Å². The van der Waals surface area contributed by atoms with Gasteiger partial charge >= 0.3 is 0 Å². The average molecular weight is 437 g/mol. The number of carbonyl (C=O) groups is 1. The third-order valence-corrected chi connectivity index (χ3v) is 6.61. The molecule has 30 heavy (non-hydrogen) atoms. The molecular weight excluding hydrogens is 408 g/mol. The topological polar surface area (TPSA) is 94.2 Å². The molecule has 0 radical (unpaired) electrons. The van der Waals surface area contributed by atoms with Crippen LogP contribution in [0.1, 0.15) is 34.5 Å². The molecule has 0 fully saturated rings. The van der Waals surface area contributed by atoms with Crippen LogP contribution in [0, 0.1) is 6.92 Å². The van der Waals surface area contributed by atoms with Gasteiger partial charge in [-0.15, -0.1) is 0 Å². The van der Waals surface area contributed by atoms with Crippen LogP contribution in [-0.2, 0) is 10.0 Å². The summed E-state index contributed by atoms with van der Waals surface area (Å²) in [5.74, 6) is 0.924. The highest BCUT2D eigenvalue weighted by Gasteiger charge is 2.24. The molecule has 1 atom stereocenters. The molecular formula is C21H28N2O6S. The van der Waals surface area contributed by atoms with Crippen molar-refractivity contribution in [3.63, 3.8) is 0 Å². The molecule has 0 aliphatic heterocycles. The Kier molecular flexibility index (Phi) is 7.33. The van der Waals surface area contributed by atoms with Crippen LogP contribution in [0.4, 0.5) is 0 Å². The molecule has 0 saturated carbocycles. The van der Waals surface area contributed by atoms with Crippen molar-refractivity contribution in [2.24, 2.45) is 0 Å². The molecule has 0 aliphatic rings. The number of carbonyl (C=O) groups excluding carboxylic acids is 1. The van der Waals surface area contributed by atoms with Crippen molar-refractivity contribution < 1.29 is 27.4 Å². The average Bonchev–Trinajstić information content (AvgIpc) is 2.72. The number of aryl methyl sites for hydroxylation is 1. The van der Waals surface area contributed by atoms with E-state index >= 15 is 0 Å². The second-order valence-electron chi connectivity index (χ2n) is 6.91. The molecule has 9 heteroatoms. The van der Waals surface area contributed by atoms with E-state index in [9.17, 15) is 13.2 Å². The highest BCUT2D eigenvalue weighted by molar-refractivity contribution is 7.89. The van der Waals surface area contributed by atoms with E-state index in [1.807, 2.05) is 26.0 Å². The van der Waals surface area contributed by atoms with E-state index in [4.69, 9.17) is 14.2 Å². The fourth-order valence-electron chi connectivity index (χ4n) is 3.04. The van der Waals surface area contributed by atoms with Crippen LogP contribution in [0.5, 0.6) is 17.2 Å². The second-order valence-corrected chi connectivity index (χ2v) is 9.03. The zero-order chi connectivity index (χ0) is 22.6. The molecule has 0 bridgehead atoms. The Bertz CT molecular complexity index is 1030. The van der Waals surface area contributed by atoms with Gasteiger partial charge < -0.3 is 19.5 Å². The fourth-order valence-corrected chi connectivity index (χ4v) is 4.11. The SMILES string of the molecule is COc1cc(C)c(C(C)NC(=O)c2ccc(OC)c(S(=O)(=O)N(C)C)c2)cc1OC. The van der Waals surface area contributed by atoms with Gasteiger partial charge in [-0.05, 0) is 55.3 Å². The number of nitrogens with zero attached hydrogens (tertiary/aromatic N) is 1. The van der Waals surface area contributed by atoms with Gasteiger partial charge in [-0.3, -0.25) is 4.79 Å². The van der Waals surface area contributed by atoms with Crippen LogP contribution in [-0.4, -0.2) is 54.1 Å². The molecule has 1 N–H and O–H groups in total. The Hall–Kier alpha value is -2.78. The summed E-state index contributed by atoms with van der Waals surface area (Å²) in [4.78, 5) is 12.8. The first-order chi connectivity index (χ1) is 14.1. The maximum absolute atomic E-state index is 12.8. The van der Waals surface area contributed by atoms with Crippen LogP contribution in [0.25, 0.3) is 0 Å². The first-order valence-corrected chi connectivity index (χ1v) is 10.6. The second kappa shape index (κ2) is 9.36. The fraction of sp³-hybridized carbons (Fsp3) is 0.381. The van der Waals surface area contributed by atoms with Crippen molar-refractivity contribution >= 4 is 15.9 Å². The number of ether oxygens (including phenoxy) is 3. The maximum Gasteiger partial charge on any atom is 0.251 e. The Morgan fingerprint density at radius 2 is 1.53 bits per heavy atom. The van der Waals surface area contributed by atoms with E-state index in [0.29, 0.717) is 11.5 Å². The van der Waals surface area contributed by atoms with Gasteiger partial charge in [0.15, 0.2) is 11.5 Å². The lowest BCUT2D eigenvalue weighted by Gasteiger charge is -2.20. The first kappa shape index (κ1) is 23.5. The van der Waals surface area contributed by atoms with Crippen LogP contribution >= 0.6 is 0 Å². The van der Waals surface area contributed by atoms with Gasteiger partial charge in [0.1, 0.15) is 10.6 Å². The first-order valence-electron chi connectivity index (χ1n) is 9.20. The molecule has 2 aromatic rings. The predicted molar refractivity (Wildman–Crippen MR) is 114 cm³/mol. The molecule has 164 valence electrons. The third kappa shape index (κ3) is 4.68. The van der Waals surface area contributed by atoms with Gasteiger partial charge in [-0.2, -0.15) is 0 Å². The molecule has 0 heterocycles.